The summed E-state index contributed by atoms with van der Waals surface area (Å²) in [7, 11) is 1.55. The second kappa shape index (κ2) is 7.65. The smallest absolute Gasteiger partial charge is 0.276 e. The van der Waals surface area contributed by atoms with E-state index in [1.54, 1.807) is 31.4 Å². The van der Waals surface area contributed by atoms with Crippen LogP contribution in [0.15, 0.2) is 54.6 Å². The van der Waals surface area contributed by atoms with Crippen LogP contribution in [0.1, 0.15) is 21.6 Å². The van der Waals surface area contributed by atoms with Crippen LogP contribution in [0.4, 0.5) is 17.2 Å². The SMILES string of the molecule is COc1ccccc1NC(=O)c1ccc(Nc2ccc(C)cc2C)nn1. The molecule has 0 bridgehead atoms. The molecule has 1 amide bonds. The molecular weight excluding hydrogens is 328 g/mol. The van der Waals surface area contributed by atoms with Crippen LogP contribution in [-0.4, -0.2) is 23.2 Å². The number of nitrogens with one attached hydrogen (secondary N) is 2. The molecule has 1 heterocycles. The number of amides is 1. The Kier molecular flexibility index (Phi) is 5.12. The van der Waals surface area contributed by atoms with Crippen LogP contribution < -0.4 is 15.4 Å². The molecule has 0 atom stereocenters. The number of anilines is 3. The predicted molar refractivity (Wildman–Crippen MR) is 102 cm³/mol. The van der Waals surface area contributed by atoms with Gasteiger partial charge in [0.05, 0.1) is 12.8 Å². The van der Waals surface area contributed by atoms with Crippen LogP contribution in [0.2, 0.25) is 0 Å². The molecule has 0 fully saturated rings. The van der Waals surface area contributed by atoms with Crippen molar-refractivity contribution in [2.45, 2.75) is 13.8 Å². The molecule has 0 unspecified atom stereocenters. The molecule has 3 aromatic rings. The van der Waals surface area contributed by atoms with E-state index in [4.69, 9.17) is 4.74 Å². The third-order valence-corrected chi connectivity index (χ3v) is 3.90. The quantitative estimate of drug-likeness (QED) is 0.726. The van der Waals surface area contributed by atoms with Gasteiger partial charge in [0, 0.05) is 5.69 Å². The molecule has 1 aromatic heterocycles. The average molecular weight is 348 g/mol. The van der Waals surface area contributed by atoms with Crippen molar-refractivity contribution < 1.29 is 9.53 Å². The second-order valence-electron chi connectivity index (χ2n) is 5.90. The van der Waals surface area contributed by atoms with Gasteiger partial charge in [0.25, 0.3) is 5.91 Å². The minimum absolute atomic E-state index is 0.224. The summed E-state index contributed by atoms with van der Waals surface area (Å²) in [5.41, 5.74) is 4.07. The lowest BCUT2D eigenvalue weighted by atomic mass is 10.1. The van der Waals surface area contributed by atoms with Gasteiger partial charge in [-0.2, -0.15) is 0 Å². The lowest BCUT2D eigenvalue weighted by Crippen LogP contribution is -2.15. The minimum Gasteiger partial charge on any atom is -0.495 e. The lowest BCUT2D eigenvalue weighted by Gasteiger charge is -2.10. The van der Waals surface area contributed by atoms with Crippen LogP contribution in [0.5, 0.6) is 5.75 Å². The number of aromatic nitrogens is 2. The van der Waals surface area contributed by atoms with Gasteiger partial charge in [0.15, 0.2) is 11.5 Å². The third kappa shape index (κ3) is 3.97. The van der Waals surface area contributed by atoms with Crippen LogP contribution in [-0.2, 0) is 0 Å². The summed E-state index contributed by atoms with van der Waals surface area (Å²) >= 11 is 0. The van der Waals surface area contributed by atoms with Crippen molar-refractivity contribution in [2.24, 2.45) is 0 Å². The number of nitrogens with zero attached hydrogens (tertiary/aromatic N) is 2. The van der Waals surface area contributed by atoms with E-state index in [9.17, 15) is 4.79 Å². The first kappa shape index (κ1) is 17.4. The molecule has 2 aromatic carbocycles. The Labute approximate surface area is 152 Å². The van der Waals surface area contributed by atoms with Gasteiger partial charge in [-0.15, -0.1) is 10.2 Å². The zero-order chi connectivity index (χ0) is 18.5. The highest BCUT2D eigenvalue weighted by Gasteiger charge is 2.11. The largest absolute Gasteiger partial charge is 0.495 e. The van der Waals surface area contributed by atoms with E-state index in [0.29, 0.717) is 17.3 Å². The first-order chi connectivity index (χ1) is 12.6. The highest BCUT2D eigenvalue weighted by atomic mass is 16.5. The van der Waals surface area contributed by atoms with Gasteiger partial charge < -0.3 is 15.4 Å². The van der Waals surface area contributed by atoms with Crippen molar-refractivity contribution in [3.63, 3.8) is 0 Å². The Bertz CT molecular complexity index is 923. The Morgan fingerprint density at radius 1 is 0.962 bits per heavy atom. The molecule has 0 saturated carbocycles. The summed E-state index contributed by atoms with van der Waals surface area (Å²) in [4.78, 5) is 12.4. The Balaban J connectivity index is 1.71. The number of ether oxygens (including phenoxy) is 1. The Morgan fingerprint density at radius 3 is 2.46 bits per heavy atom. The van der Waals surface area contributed by atoms with E-state index < -0.39 is 0 Å². The fourth-order valence-corrected chi connectivity index (χ4v) is 2.55. The summed E-state index contributed by atoms with van der Waals surface area (Å²) in [6, 6.07) is 16.7. The second-order valence-corrected chi connectivity index (χ2v) is 5.90. The summed E-state index contributed by atoms with van der Waals surface area (Å²) in [6.45, 7) is 4.07. The topological polar surface area (TPSA) is 76.1 Å². The van der Waals surface area contributed by atoms with Crippen molar-refractivity contribution >= 4 is 23.1 Å². The van der Waals surface area contributed by atoms with Gasteiger partial charge >= 0.3 is 0 Å². The molecule has 132 valence electrons. The highest BCUT2D eigenvalue weighted by Crippen LogP contribution is 2.24. The highest BCUT2D eigenvalue weighted by molar-refractivity contribution is 6.03. The standard InChI is InChI=1S/C20H20N4O2/c1-13-8-9-15(14(2)12-13)21-19-11-10-17(23-24-19)20(25)22-16-6-4-5-7-18(16)26-3/h4-12H,1-3H3,(H,21,24)(H,22,25). The summed E-state index contributed by atoms with van der Waals surface area (Å²) in [6.07, 6.45) is 0. The van der Waals surface area contributed by atoms with Gasteiger partial charge in [-0.05, 0) is 49.7 Å². The van der Waals surface area contributed by atoms with E-state index in [1.165, 1.54) is 5.56 Å². The van der Waals surface area contributed by atoms with Crippen LogP contribution in [0, 0.1) is 13.8 Å². The zero-order valence-corrected chi connectivity index (χ0v) is 14.9. The van der Waals surface area contributed by atoms with Crippen molar-refractivity contribution in [3.8, 4) is 5.75 Å². The van der Waals surface area contributed by atoms with Crippen LogP contribution >= 0.6 is 0 Å². The Morgan fingerprint density at radius 2 is 1.77 bits per heavy atom. The van der Waals surface area contributed by atoms with E-state index in [1.807, 2.05) is 38.1 Å². The van der Waals surface area contributed by atoms with Crippen LogP contribution in [0.3, 0.4) is 0 Å². The molecule has 3 rings (SSSR count). The molecule has 0 radical (unpaired) electrons. The van der Waals surface area contributed by atoms with E-state index in [-0.39, 0.29) is 11.6 Å². The maximum atomic E-state index is 12.4. The zero-order valence-electron chi connectivity index (χ0n) is 14.9. The van der Waals surface area contributed by atoms with Crippen molar-refractivity contribution in [3.05, 3.63) is 71.4 Å². The Hall–Kier alpha value is -3.41. The predicted octanol–water partition coefficient (Wildman–Crippen LogP) is 4.10. The van der Waals surface area contributed by atoms with Gasteiger partial charge in [0.2, 0.25) is 0 Å². The van der Waals surface area contributed by atoms with Crippen LogP contribution in [0.25, 0.3) is 0 Å². The van der Waals surface area contributed by atoms with E-state index in [0.717, 1.165) is 11.3 Å². The molecule has 6 heteroatoms. The first-order valence-electron chi connectivity index (χ1n) is 8.19. The monoisotopic (exact) mass is 348 g/mol. The maximum Gasteiger partial charge on any atom is 0.276 e. The van der Waals surface area contributed by atoms with E-state index in [2.05, 4.69) is 26.9 Å². The summed E-state index contributed by atoms with van der Waals surface area (Å²) in [5.74, 6) is 0.813. The molecule has 0 spiro atoms. The molecule has 2 N–H and O–H groups in total. The normalized spacial score (nSPS) is 10.3. The molecule has 26 heavy (non-hydrogen) atoms. The number of hydrogen-bond donors (Lipinski definition) is 2. The van der Waals surface area contributed by atoms with E-state index >= 15 is 0 Å². The first-order valence-corrected chi connectivity index (χ1v) is 8.19. The van der Waals surface area contributed by atoms with Gasteiger partial charge in [-0.3, -0.25) is 4.79 Å². The molecule has 0 aliphatic carbocycles. The van der Waals surface area contributed by atoms with Crippen molar-refractivity contribution in [2.75, 3.05) is 17.7 Å². The maximum absolute atomic E-state index is 12.4. The third-order valence-electron chi connectivity index (χ3n) is 3.90. The average Bonchev–Trinajstić information content (AvgIpc) is 2.65. The fourth-order valence-electron chi connectivity index (χ4n) is 2.55. The number of methoxy groups -OCH3 is 1. The fraction of sp³-hybridized carbons (Fsp3) is 0.150. The number of carbonyl (C=O) groups is 1. The number of benzene rings is 2. The molecule has 6 nitrogen and oxygen atoms in total. The lowest BCUT2D eigenvalue weighted by molar-refractivity contribution is 0.102. The number of carbonyl (C=O) groups excluding carboxylic acids is 1. The number of hydrogen-bond acceptors (Lipinski definition) is 5. The number of para-hydroxylation sites is 2. The molecule has 0 saturated heterocycles. The minimum atomic E-state index is -0.347. The summed E-state index contributed by atoms with van der Waals surface area (Å²) < 4.78 is 5.23. The van der Waals surface area contributed by atoms with Crippen molar-refractivity contribution in [1.29, 1.82) is 0 Å². The number of rotatable bonds is 5. The molecule has 0 aliphatic rings. The summed E-state index contributed by atoms with van der Waals surface area (Å²) in [5, 5.41) is 14.1. The van der Waals surface area contributed by atoms with Gasteiger partial charge in [-0.1, -0.05) is 29.8 Å². The molecule has 0 aliphatic heterocycles. The molecular formula is C20H20N4O2. The van der Waals surface area contributed by atoms with Gasteiger partial charge in [0.1, 0.15) is 5.75 Å². The number of aryl methyl sites for hydroxylation is 2. The van der Waals surface area contributed by atoms with Crippen molar-refractivity contribution in [1.82, 2.24) is 10.2 Å². The van der Waals surface area contributed by atoms with Gasteiger partial charge in [-0.25, -0.2) is 0 Å².